The average molecular weight is 862 g/mol. The van der Waals surface area contributed by atoms with E-state index in [1.165, 1.54) is 0 Å². The Morgan fingerprint density at radius 2 is 1.05 bits per heavy atom. The molecule has 0 aliphatic rings. The van der Waals surface area contributed by atoms with E-state index in [0.29, 0.717) is 0 Å². The average Bonchev–Trinajstić information content (AvgIpc) is 3.15. The van der Waals surface area contributed by atoms with E-state index < -0.39 is 122 Å². The number of nitrogens with two attached hydrogens (primary N) is 3. The van der Waals surface area contributed by atoms with E-state index in [-0.39, 0.29) is 55.9 Å². The molecule has 24 nitrogen and oxygen atoms in total. The van der Waals surface area contributed by atoms with E-state index in [0.717, 1.165) is 6.92 Å². The SMILES string of the molecule is CC(C)C[C@H](NC(=O)[C@@H](N)[C@H](O)C(C)C)C(=O)N[C@H](CCCN=C(N)N)C(=O)N[C@@H](CC(C)C)C(=O)N[C@H](C(=O)NCC(=O)N[C@@H](CO)C(=O)N[C@@H](CO)C(=O)O)[C@H](C)O. The summed E-state index contributed by atoms with van der Waals surface area (Å²) in [5.41, 5.74) is 16.8. The van der Waals surface area contributed by atoms with Gasteiger partial charge < -0.3 is 80.0 Å². The number of guanidine groups is 1. The molecular weight excluding hydrogens is 794 g/mol. The van der Waals surface area contributed by atoms with Crippen molar-refractivity contribution in [2.24, 2.45) is 39.9 Å². The van der Waals surface area contributed by atoms with Gasteiger partial charge >= 0.3 is 5.97 Å². The van der Waals surface area contributed by atoms with Gasteiger partial charge in [-0.2, -0.15) is 0 Å². The molecule has 0 fully saturated rings. The zero-order valence-corrected chi connectivity index (χ0v) is 35.3. The van der Waals surface area contributed by atoms with Crippen molar-refractivity contribution >= 4 is 53.3 Å². The van der Waals surface area contributed by atoms with Crippen LogP contribution < -0.4 is 54.4 Å². The Labute approximate surface area is 349 Å². The van der Waals surface area contributed by atoms with Crippen LogP contribution in [0.1, 0.15) is 74.1 Å². The van der Waals surface area contributed by atoms with E-state index in [2.05, 4.69) is 36.9 Å². The summed E-state index contributed by atoms with van der Waals surface area (Å²) < 4.78 is 0. The third-order valence-corrected chi connectivity index (χ3v) is 8.73. The minimum Gasteiger partial charge on any atom is -0.480 e. The number of aliphatic carboxylic acids is 1. The van der Waals surface area contributed by atoms with Crippen molar-refractivity contribution in [3.05, 3.63) is 0 Å². The molecule has 0 radical (unpaired) electrons. The summed E-state index contributed by atoms with van der Waals surface area (Å²) in [5, 5.41) is 64.7. The minimum absolute atomic E-state index is 0.00845. The van der Waals surface area contributed by atoms with Gasteiger partial charge in [-0.15, -0.1) is 0 Å². The molecular formula is C36H67N11O13. The molecule has 18 N–H and O–H groups in total. The van der Waals surface area contributed by atoms with Gasteiger partial charge in [0.2, 0.25) is 41.4 Å². The van der Waals surface area contributed by atoms with Gasteiger partial charge in [-0.25, -0.2) is 4.79 Å². The van der Waals surface area contributed by atoms with E-state index in [4.69, 9.17) is 27.4 Å². The predicted molar refractivity (Wildman–Crippen MR) is 216 cm³/mol. The van der Waals surface area contributed by atoms with Gasteiger partial charge in [-0.05, 0) is 50.4 Å². The number of aliphatic hydroxyl groups excluding tert-OH is 4. The zero-order chi connectivity index (χ0) is 46.4. The van der Waals surface area contributed by atoms with E-state index in [1.807, 2.05) is 5.32 Å². The molecule has 60 heavy (non-hydrogen) atoms. The number of carbonyl (C=O) groups excluding carboxylic acids is 7. The Morgan fingerprint density at radius 3 is 1.50 bits per heavy atom. The molecule has 344 valence electrons. The monoisotopic (exact) mass is 861 g/mol. The van der Waals surface area contributed by atoms with Crippen molar-refractivity contribution in [3.8, 4) is 0 Å². The summed E-state index contributed by atoms with van der Waals surface area (Å²) in [7, 11) is 0. The second kappa shape index (κ2) is 27.6. The van der Waals surface area contributed by atoms with Gasteiger partial charge in [0, 0.05) is 6.54 Å². The van der Waals surface area contributed by atoms with Crippen LogP contribution in [0.25, 0.3) is 0 Å². The summed E-state index contributed by atoms with van der Waals surface area (Å²) in [4.78, 5) is 107. The molecule has 0 spiro atoms. The normalized spacial score (nSPS) is 15.8. The highest BCUT2D eigenvalue weighted by atomic mass is 16.4. The highest BCUT2D eigenvalue weighted by molar-refractivity contribution is 5.97. The summed E-state index contributed by atoms with van der Waals surface area (Å²) >= 11 is 0. The number of nitrogens with one attached hydrogen (secondary N) is 7. The molecule has 0 bridgehead atoms. The van der Waals surface area contributed by atoms with Crippen LogP contribution in [0.15, 0.2) is 4.99 Å². The fraction of sp³-hybridized carbons (Fsp3) is 0.750. The van der Waals surface area contributed by atoms with Gasteiger partial charge in [0.05, 0.1) is 32.0 Å². The summed E-state index contributed by atoms with van der Waals surface area (Å²) in [6.45, 7) is 8.86. The number of aliphatic imine (C=N–C) groups is 1. The maximum Gasteiger partial charge on any atom is 0.328 e. The number of hydrogen-bond acceptors (Lipinski definition) is 14. The lowest BCUT2D eigenvalue weighted by Crippen LogP contribution is -2.61. The maximum atomic E-state index is 13.9. The van der Waals surface area contributed by atoms with Gasteiger partial charge in [-0.3, -0.25) is 38.6 Å². The number of rotatable bonds is 28. The smallest absolute Gasteiger partial charge is 0.328 e. The Balaban J connectivity index is 6.15. The number of hydrogen-bond donors (Lipinski definition) is 15. The standard InChI is InChI=1S/C36H67N11O13/c1-16(2)11-21(45-33(57)26(37)28(52)18(5)6)30(54)43-20(9-8-10-40-36(38)39)29(53)44-22(12-17(3)4)31(55)47-27(19(7)50)34(58)41-13-25(51)42-23(14-48)32(56)46-24(15-49)35(59)60/h16-24,26-28,48-50,52H,8-15,37H2,1-7H3,(H,41,58)(H,42,51)(H,43,54)(H,44,53)(H,45,57)(H,46,56)(H,47,55)(H,59,60)(H4,38,39,40)/t19-,20+,21-,22-,23-,24-,26-,27-,28+/m0/s1. The molecule has 0 heterocycles. The van der Waals surface area contributed by atoms with Crippen molar-refractivity contribution in [2.45, 2.75) is 129 Å². The second-order valence-electron chi connectivity index (χ2n) is 15.5. The number of nitrogens with zero attached hydrogens (tertiary/aromatic N) is 1. The molecule has 7 amide bonds. The van der Waals surface area contributed by atoms with Crippen LogP contribution in [0.2, 0.25) is 0 Å². The third kappa shape index (κ3) is 20.7. The number of carboxylic acids is 1. The highest BCUT2D eigenvalue weighted by Gasteiger charge is 2.35. The first-order valence-electron chi connectivity index (χ1n) is 19.6. The Hall–Kier alpha value is -5.17. The summed E-state index contributed by atoms with van der Waals surface area (Å²) in [6, 6.07) is -10.3. The molecule has 0 aromatic rings. The first kappa shape index (κ1) is 54.8. The topological polar surface area (TPSA) is 412 Å². The predicted octanol–water partition coefficient (Wildman–Crippen LogP) is -6.05. The van der Waals surface area contributed by atoms with Crippen molar-refractivity contribution in [3.63, 3.8) is 0 Å². The van der Waals surface area contributed by atoms with Gasteiger partial charge in [0.1, 0.15) is 42.3 Å². The Bertz CT molecular complexity index is 1470. The van der Waals surface area contributed by atoms with Crippen LogP contribution in [0, 0.1) is 17.8 Å². The lowest BCUT2D eigenvalue weighted by atomic mass is 9.98. The van der Waals surface area contributed by atoms with Gasteiger partial charge in [0.25, 0.3) is 0 Å². The highest BCUT2D eigenvalue weighted by Crippen LogP contribution is 2.11. The molecule has 0 unspecified atom stereocenters. The maximum absolute atomic E-state index is 13.9. The van der Waals surface area contributed by atoms with Crippen LogP contribution in [-0.2, 0) is 38.4 Å². The Kier molecular flexibility index (Phi) is 25.2. The molecule has 0 saturated carbocycles. The van der Waals surface area contributed by atoms with Crippen molar-refractivity contribution in [2.75, 3.05) is 26.3 Å². The molecule has 0 rings (SSSR count). The van der Waals surface area contributed by atoms with Crippen LogP contribution in [0.4, 0.5) is 0 Å². The summed E-state index contributed by atoms with van der Waals surface area (Å²) in [6.07, 6.45) is -2.49. The van der Waals surface area contributed by atoms with Gasteiger partial charge in [-0.1, -0.05) is 41.5 Å². The van der Waals surface area contributed by atoms with Crippen molar-refractivity contribution in [1.29, 1.82) is 0 Å². The number of carboxylic acid groups (broad SMARTS) is 1. The first-order chi connectivity index (χ1) is 27.9. The first-order valence-corrected chi connectivity index (χ1v) is 19.6. The van der Waals surface area contributed by atoms with Gasteiger partial charge in [0.15, 0.2) is 5.96 Å². The molecule has 0 aliphatic heterocycles. The zero-order valence-electron chi connectivity index (χ0n) is 35.3. The summed E-state index contributed by atoms with van der Waals surface area (Å²) in [5.74, 6) is -9.05. The van der Waals surface area contributed by atoms with Crippen LogP contribution >= 0.6 is 0 Å². The quantitative estimate of drug-likeness (QED) is 0.0198. The molecule has 0 aromatic carbocycles. The van der Waals surface area contributed by atoms with Crippen molar-refractivity contribution in [1.82, 2.24) is 37.2 Å². The van der Waals surface area contributed by atoms with E-state index in [1.54, 1.807) is 41.5 Å². The lowest BCUT2D eigenvalue weighted by molar-refractivity contribution is -0.143. The fourth-order valence-corrected chi connectivity index (χ4v) is 5.39. The molecule has 24 heteroatoms. The lowest BCUT2D eigenvalue weighted by Gasteiger charge is -2.29. The Morgan fingerprint density at radius 1 is 0.600 bits per heavy atom. The molecule has 0 aromatic heterocycles. The largest absolute Gasteiger partial charge is 0.480 e. The molecule has 0 aliphatic carbocycles. The van der Waals surface area contributed by atoms with Crippen LogP contribution in [-0.4, -0.2) is 160 Å². The number of carbonyl (C=O) groups is 8. The fourth-order valence-electron chi connectivity index (χ4n) is 5.39. The second-order valence-corrected chi connectivity index (χ2v) is 15.5. The van der Waals surface area contributed by atoms with Crippen LogP contribution in [0.3, 0.4) is 0 Å². The molecule has 9 atom stereocenters. The van der Waals surface area contributed by atoms with Crippen molar-refractivity contribution < 1.29 is 63.9 Å². The third-order valence-electron chi connectivity index (χ3n) is 8.73. The van der Waals surface area contributed by atoms with Crippen LogP contribution in [0.5, 0.6) is 0 Å². The number of amides is 7. The minimum atomic E-state index is -1.72. The van der Waals surface area contributed by atoms with E-state index >= 15 is 0 Å². The van der Waals surface area contributed by atoms with E-state index in [9.17, 15) is 53.7 Å². The number of aliphatic hydroxyl groups is 4. The molecule has 0 saturated heterocycles.